The number of hydrogen-bond acceptors (Lipinski definition) is 6. The van der Waals surface area contributed by atoms with E-state index in [1.165, 1.54) is 16.3 Å². The molecule has 1 amide bonds. The number of aromatic amines is 2. The summed E-state index contributed by atoms with van der Waals surface area (Å²) in [6.07, 6.45) is 10.5. The lowest BCUT2D eigenvalue weighted by atomic mass is 10.1. The molecule has 9 nitrogen and oxygen atoms in total. The van der Waals surface area contributed by atoms with Crippen LogP contribution in [0, 0.1) is 0 Å². The number of aryl methyl sites for hydroxylation is 1. The number of rotatable bonds is 10. The van der Waals surface area contributed by atoms with Gasteiger partial charge in [0.1, 0.15) is 23.5 Å². The van der Waals surface area contributed by atoms with Crippen molar-refractivity contribution in [2.75, 3.05) is 14.1 Å². The highest BCUT2D eigenvalue weighted by atomic mass is 16.3. The number of aromatic nitrogens is 4. The molecule has 5 aromatic rings. The lowest BCUT2D eigenvalue weighted by molar-refractivity contribution is -0.107. The highest BCUT2D eigenvalue weighted by Gasteiger charge is 2.09. The highest BCUT2D eigenvalue weighted by Crippen LogP contribution is 2.23. The van der Waals surface area contributed by atoms with Gasteiger partial charge in [0.05, 0.1) is 18.2 Å². The van der Waals surface area contributed by atoms with E-state index in [1.807, 2.05) is 34.1 Å². The first-order valence-electron chi connectivity index (χ1n) is 14.0. The molecule has 5 rings (SSSR count). The van der Waals surface area contributed by atoms with Crippen LogP contribution in [-0.4, -0.2) is 46.5 Å². The minimum atomic E-state index is -0.561. The summed E-state index contributed by atoms with van der Waals surface area (Å²) in [6.45, 7) is 4.00. The van der Waals surface area contributed by atoms with Gasteiger partial charge in [-0.3, -0.25) is 9.89 Å². The molecule has 0 unspecified atom stereocenters. The second kappa shape index (κ2) is 18.7. The van der Waals surface area contributed by atoms with Gasteiger partial charge in [-0.2, -0.15) is 5.10 Å². The van der Waals surface area contributed by atoms with E-state index >= 15 is 0 Å². The standard InChI is InChI=1S/C20H22N2O.C8H7N3O2.C2H7N.C2H6/c23-13-7-3-1-2-4-10-20-21-15-19(22-20)18-12-11-16-8-5-6-9-17(16)14-18;9-8(12)6-4-5(10-11-6)7-2-1-3-13-7;1-3-2;1-2/h5-6,8-9,11-15H,1-4,7,10H2,(H,21,22);1-4H,(H2,9,12)(H,10,11);3H,1-2H3;1-2H3. The highest BCUT2D eigenvalue weighted by molar-refractivity contribution is 5.91. The Morgan fingerprint density at radius 1 is 0.951 bits per heavy atom. The number of H-pyrrole nitrogens is 2. The maximum absolute atomic E-state index is 10.7. The van der Waals surface area contributed by atoms with Gasteiger partial charge in [-0.1, -0.05) is 63.1 Å². The number of amides is 1. The zero-order valence-electron chi connectivity index (χ0n) is 24.4. The summed E-state index contributed by atoms with van der Waals surface area (Å²) >= 11 is 0. The summed E-state index contributed by atoms with van der Waals surface area (Å²) in [4.78, 5) is 28.9. The lowest BCUT2D eigenvalue weighted by Gasteiger charge is -2.02. The van der Waals surface area contributed by atoms with Crippen molar-refractivity contribution in [2.45, 2.75) is 52.4 Å². The first-order valence-corrected chi connectivity index (χ1v) is 14.0. The van der Waals surface area contributed by atoms with Gasteiger partial charge in [-0.15, -0.1) is 0 Å². The van der Waals surface area contributed by atoms with Crippen LogP contribution < -0.4 is 11.1 Å². The third-order valence-corrected chi connectivity index (χ3v) is 5.79. The number of aldehydes is 1. The minimum Gasteiger partial charge on any atom is -0.463 e. The van der Waals surface area contributed by atoms with E-state index in [0.29, 0.717) is 17.9 Å². The van der Waals surface area contributed by atoms with Crippen molar-refractivity contribution < 1.29 is 14.0 Å². The molecule has 0 bridgehead atoms. The van der Waals surface area contributed by atoms with Gasteiger partial charge in [0.15, 0.2) is 5.76 Å². The summed E-state index contributed by atoms with van der Waals surface area (Å²) < 4.78 is 5.09. The predicted molar refractivity (Wildman–Crippen MR) is 166 cm³/mol. The van der Waals surface area contributed by atoms with Gasteiger partial charge < -0.3 is 25.2 Å². The average Bonchev–Trinajstić information content (AvgIpc) is 3.79. The SMILES string of the molecule is CC.CNC.NC(=O)c1cc(-c2ccco2)[nH]n1.O=CCCCCCCc1ncc(-c2ccc3ccccc3c2)[nH]1. The molecular formula is C32H42N6O3. The molecule has 9 heteroatoms. The minimum absolute atomic E-state index is 0.200. The number of unbranched alkanes of at least 4 members (excludes halogenated alkanes) is 4. The van der Waals surface area contributed by atoms with E-state index in [4.69, 9.17) is 10.2 Å². The number of nitrogens with two attached hydrogens (primary N) is 1. The average molecular weight is 559 g/mol. The zero-order chi connectivity index (χ0) is 29.9. The van der Waals surface area contributed by atoms with Crippen LogP contribution in [-0.2, 0) is 11.2 Å². The van der Waals surface area contributed by atoms with Crippen molar-refractivity contribution in [3.05, 3.63) is 84.6 Å². The van der Waals surface area contributed by atoms with Crippen LogP contribution >= 0.6 is 0 Å². The van der Waals surface area contributed by atoms with Crippen molar-refractivity contribution in [1.82, 2.24) is 25.5 Å². The van der Waals surface area contributed by atoms with Crippen LogP contribution in [0.25, 0.3) is 33.5 Å². The Balaban J connectivity index is 0.000000275. The Morgan fingerprint density at radius 2 is 1.68 bits per heavy atom. The van der Waals surface area contributed by atoms with Crippen LogP contribution in [0.3, 0.4) is 0 Å². The zero-order valence-corrected chi connectivity index (χ0v) is 24.4. The monoisotopic (exact) mass is 558 g/mol. The fourth-order valence-electron chi connectivity index (χ4n) is 3.87. The van der Waals surface area contributed by atoms with Gasteiger partial charge in [-0.25, -0.2) is 4.98 Å². The van der Waals surface area contributed by atoms with Crippen LogP contribution in [0.1, 0.15) is 62.3 Å². The lowest BCUT2D eigenvalue weighted by Crippen LogP contribution is -2.10. The number of hydrogen-bond donors (Lipinski definition) is 4. The number of nitrogens with zero attached hydrogens (tertiary/aromatic N) is 2. The molecule has 2 aromatic carbocycles. The molecule has 41 heavy (non-hydrogen) atoms. The van der Waals surface area contributed by atoms with Gasteiger partial charge in [0.2, 0.25) is 0 Å². The largest absolute Gasteiger partial charge is 0.463 e. The molecule has 3 aromatic heterocycles. The summed E-state index contributed by atoms with van der Waals surface area (Å²) in [5, 5.41) is 11.6. The number of furan rings is 1. The van der Waals surface area contributed by atoms with Crippen LogP contribution in [0.15, 0.2) is 77.5 Å². The summed E-state index contributed by atoms with van der Waals surface area (Å²) in [5.41, 5.74) is 8.12. The molecule has 0 aliphatic heterocycles. The topological polar surface area (TPSA) is 143 Å². The molecule has 0 saturated carbocycles. The second-order valence-electron chi connectivity index (χ2n) is 8.93. The maximum atomic E-state index is 10.7. The summed E-state index contributed by atoms with van der Waals surface area (Å²) in [6, 6.07) is 19.9. The first-order chi connectivity index (χ1) is 20.0. The van der Waals surface area contributed by atoms with Crippen molar-refractivity contribution in [3.63, 3.8) is 0 Å². The smallest absolute Gasteiger partial charge is 0.269 e. The molecule has 0 aliphatic carbocycles. The Kier molecular flexibility index (Phi) is 14.9. The van der Waals surface area contributed by atoms with Crippen molar-refractivity contribution in [2.24, 2.45) is 5.73 Å². The van der Waals surface area contributed by atoms with Crippen LogP contribution in [0.2, 0.25) is 0 Å². The van der Waals surface area contributed by atoms with E-state index in [0.717, 1.165) is 49.9 Å². The third-order valence-electron chi connectivity index (χ3n) is 5.79. The van der Waals surface area contributed by atoms with E-state index in [-0.39, 0.29) is 5.69 Å². The molecule has 0 saturated heterocycles. The van der Waals surface area contributed by atoms with Gasteiger partial charge in [0, 0.05) is 24.5 Å². The number of carbonyl (C=O) groups is 2. The Hall–Kier alpha value is -4.50. The fraction of sp³-hybridized carbons (Fsp3) is 0.312. The normalized spacial score (nSPS) is 9.95. The van der Waals surface area contributed by atoms with Crippen LogP contribution in [0.5, 0.6) is 0 Å². The summed E-state index contributed by atoms with van der Waals surface area (Å²) in [5.74, 6) is 1.11. The summed E-state index contributed by atoms with van der Waals surface area (Å²) in [7, 11) is 3.75. The van der Waals surface area contributed by atoms with E-state index < -0.39 is 5.91 Å². The quantitative estimate of drug-likeness (QED) is 0.113. The first kappa shape index (κ1) is 32.7. The Morgan fingerprint density at radius 3 is 2.34 bits per heavy atom. The van der Waals surface area contributed by atoms with E-state index in [1.54, 1.807) is 24.5 Å². The van der Waals surface area contributed by atoms with Gasteiger partial charge >= 0.3 is 0 Å². The number of fused-ring (bicyclic) bond motifs is 1. The number of benzene rings is 2. The van der Waals surface area contributed by atoms with Crippen molar-refractivity contribution in [1.29, 1.82) is 0 Å². The molecule has 5 N–H and O–H groups in total. The molecule has 0 fully saturated rings. The van der Waals surface area contributed by atoms with Crippen molar-refractivity contribution >= 4 is 23.0 Å². The molecule has 0 radical (unpaired) electrons. The molecule has 0 spiro atoms. The van der Waals surface area contributed by atoms with E-state index in [2.05, 4.69) is 67.9 Å². The number of carbonyl (C=O) groups excluding carboxylic acids is 2. The van der Waals surface area contributed by atoms with Gasteiger partial charge in [-0.05, 0) is 55.9 Å². The Bertz CT molecular complexity index is 1420. The number of nitrogens with one attached hydrogen (secondary N) is 3. The van der Waals surface area contributed by atoms with Crippen LogP contribution in [0.4, 0.5) is 0 Å². The number of imidazole rings is 1. The molecular weight excluding hydrogens is 516 g/mol. The predicted octanol–water partition coefficient (Wildman–Crippen LogP) is 6.55. The maximum Gasteiger partial charge on any atom is 0.269 e. The molecule has 218 valence electrons. The molecule has 0 atom stereocenters. The molecule has 3 heterocycles. The second-order valence-corrected chi connectivity index (χ2v) is 8.93. The molecule has 0 aliphatic rings. The van der Waals surface area contributed by atoms with Crippen molar-refractivity contribution in [3.8, 4) is 22.7 Å². The number of primary amides is 1. The Labute approximate surface area is 242 Å². The van der Waals surface area contributed by atoms with Gasteiger partial charge in [0.25, 0.3) is 5.91 Å². The fourth-order valence-corrected chi connectivity index (χ4v) is 3.87. The van der Waals surface area contributed by atoms with E-state index in [9.17, 15) is 9.59 Å². The third kappa shape index (κ3) is 10.9.